The molecule has 0 aromatic heterocycles. The lowest BCUT2D eigenvalue weighted by Crippen LogP contribution is -2.46. The van der Waals surface area contributed by atoms with Gasteiger partial charge in [-0.3, -0.25) is 19.3 Å². The number of imide groups is 1. The van der Waals surface area contributed by atoms with Gasteiger partial charge in [0, 0.05) is 11.8 Å². The normalized spacial score (nSPS) is 16.5. The van der Waals surface area contributed by atoms with Gasteiger partial charge in [-0.1, -0.05) is 13.8 Å². The highest BCUT2D eigenvalue weighted by Crippen LogP contribution is 2.24. The Balaban J connectivity index is 1.95. The van der Waals surface area contributed by atoms with Crippen LogP contribution >= 0.6 is 0 Å². The van der Waals surface area contributed by atoms with E-state index in [0.29, 0.717) is 12.8 Å². The largest absolute Gasteiger partial charge is 0.451 e. The molecule has 0 unspecified atom stereocenters. The van der Waals surface area contributed by atoms with Gasteiger partial charge in [-0.2, -0.15) is 0 Å². The first-order valence-corrected chi connectivity index (χ1v) is 8.73. The highest BCUT2D eigenvalue weighted by molar-refractivity contribution is 6.08. The number of carbonyl (C=O) groups excluding carboxylic acids is 4. The van der Waals surface area contributed by atoms with E-state index in [-0.39, 0.29) is 5.69 Å². The standard InChI is InChI=1S/C18H21F2N3O5/c1-4-18(5-2)16(26)23(17(27)22-18)9-14(24)28-10(3)15(25)21-11-6-7-12(19)13(20)8-11/h6-8,10H,4-5,9H2,1-3H3,(H,21,25)(H,22,27)/t10-/m1/s1. The Morgan fingerprint density at radius 3 is 2.39 bits per heavy atom. The van der Waals surface area contributed by atoms with Crippen molar-refractivity contribution in [2.45, 2.75) is 45.3 Å². The molecule has 0 radical (unpaired) electrons. The van der Waals surface area contributed by atoms with Gasteiger partial charge in [0.15, 0.2) is 17.7 Å². The lowest BCUT2D eigenvalue weighted by molar-refractivity contribution is -0.155. The Morgan fingerprint density at radius 2 is 1.86 bits per heavy atom. The van der Waals surface area contributed by atoms with Gasteiger partial charge in [-0.05, 0) is 31.9 Å². The molecule has 10 heteroatoms. The lowest BCUT2D eigenvalue weighted by Gasteiger charge is -2.23. The topological polar surface area (TPSA) is 105 Å². The van der Waals surface area contributed by atoms with Crippen molar-refractivity contribution in [1.29, 1.82) is 0 Å². The van der Waals surface area contributed by atoms with Crippen molar-refractivity contribution in [2.24, 2.45) is 0 Å². The number of carbonyl (C=O) groups is 4. The molecule has 1 aromatic rings. The number of hydrogen-bond donors (Lipinski definition) is 2. The van der Waals surface area contributed by atoms with Crippen LogP contribution in [0.25, 0.3) is 0 Å². The third kappa shape index (κ3) is 4.26. The zero-order chi connectivity index (χ0) is 21.1. The van der Waals surface area contributed by atoms with E-state index in [1.807, 2.05) is 0 Å². The average Bonchev–Trinajstić information content (AvgIpc) is 2.89. The molecule has 1 aliphatic heterocycles. The summed E-state index contributed by atoms with van der Waals surface area (Å²) in [5.74, 6) is -4.48. The lowest BCUT2D eigenvalue weighted by atomic mass is 9.93. The van der Waals surface area contributed by atoms with E-state index in [1.165, 1.54) is 6.92 Å². The van der Waals surface area contributed by atoms with E-state index in [2.05, 4.69) is 10.6 Å². The van der Waals surface area contributed by atoms with E-state index in [9.17, 15) is 28.0 Å². The van der Waals surface area contributed by atoms with Gasteiger partial charge >= 0.3 is 12.0 Å². The Kier molecular flexibility index (Phi) is 6.32. The Hall–Kier alpha value is -3.04. The summed E-state index contributed by atoms with van der Waals surface area (Å²) in [5, 5.41) is 4.85. The first-order valence-electron chi connectivity index (χ1n) is 8.73. The van der Waals surface area contributed by atoms with Crippen LogP contribution in [0.5, 0.6) is 0 Å². The highest BCUT2D eigenvalue weighted by atomic mass is 19.2. The molecule has 152 valence electrons. The number of nitrogens with zero attached hydrogens (tertiary/aromatic N) is 1. The van der Waals surface area contributed by atoms with E-state index in [0.717, 1.165) is 23.1 Å². The second-order valence-electron chi connectivity index (χ2n) is 6.36. The second-order valence-corrected chi connectivity index (χ2v) is 6.36. The smallest absolute Gasteiger partial charge is 0.327 e. The van der Waals surface area contributed by atoms with Gasteiger partial charge in [-0.15, -0.1) is 0 Å². The third-order valence-corrected chi connectivity index (χ3v) is 4.60. The number of ether oxygens (including phenoxy) is 1. The number of esters is 1. The fraction of sp³-hybridized carbons (Fsp3) is 0.444. The number of benzene rings is 1. The van der Waals surface area contributed by atoms with Gasteiger partial charge in [0.2, 0.25) is 0 Å². The quantitative estimate of drug-likeness (QED) is 0.541. The van der Waals surface area contributed by atoms with Crippen molar-refractivity contribution in [3.05, 3.63) is 29.8 Å². The molecule has 1 aromatic carbocycles. The summed E-state index contributed by atoms with van der Waals surface area (Å²) in [6, 6.07) is 2.06. The maximum absolute atomic E-state index is 13.2. The van der Waals surface area contributed by atoms with Crippen molar-refractivity contribution in [3.8, 4) is 0 Å². The number of halogens is 2. The average molecular weight is 397 g/mol. The van der Waals surface area contributed by atoms with E-state index >= 15 is 0 Å². The van der Waals surface area contributed by atoms with Crippen LogP contribution < -0.4 is 10.6 Å². The molecule has 0 spiro atoms. The second kappa shape index (κ2) is 8.32. The number of anilines is 1. The summed E-state index contributed by atoms with van der Waals surface area (Å²) in [5.41, 5.74) is -1.07. The van der Waals surface area contributed by atoms with E-state index in [4.69, 9.17) is 4.74 Å². The number of nitrogens with one attached hydrogen (secondary N) is 2. The fourth-order valence-corrected chi connectivity index (χ4v) is 2.78. The molecule has 28 heavy (non-hydrogen) atoms. The predicted molar refractivity (Wildman–Crippen MR) is 94.1 cm³/mol. The first-order chi connectivity index (χ1) is 13.1. The molecule has 8 nitrogen and oxygen atoms in total. The molecule has 1 heterocycles. The van der Waals surface area contributed by atoms with Crippen LogP contribution in [-0.4, -0.2) is 46.9 Å². The van der Waals surface area contributed by atoms with Crippen LogP contribution in [0.3, 0.4) is 0 Å². The van der Waals surface area contributed by atoms with Crippen LogP contribution in [0, 0.1) is 11.6 Å². The maximum Gasteiger partial charge on any atom is 0.327 e. The molecule has 4 amide bonds. The molecule has 0 aliphatic carbocycles. The molecule has 0 bridgehead atoms. The fourth-order valence-electron chi connectivity index (χ4n) is 2.78. The molecular weight excluding hydrogens is 376 g/mol. The number of hydrogen-bond acceptors (Lipinski definition) is 5. The van der Waals surface area contributed by atoms with Gasteiger partial charge < -0.3 is 15.4 Å². The third-order valence-electron chi connectivity index (χ3n) is 4.60. The summed E-state index contributed by atoms with van der Waals surface area (Å²) in [6.07, 6.45) is -0.553. The maximum atomic E-state index is 13.2. The SMILES string of the molecule is CCC1(CC)NC(=O)N(CC(=O)O[C@H](C)C(=O)Nc2ccc(F)c(F)c2)C1=O. The molecule has 1 atom stereocenters. The minimum atomic E-state index is -1.29. The summed E-state index contributed by atoms with van der Waals surface area (Å²) < 4.78 is 31.0. The van der Waals surface area contributed by atoms with Crippen LogP contribution in [0.2, 0.25) is 0 Å². The summed E-state index contributed by atoms with van der Waals surface area (Å²) in [6.45, 7) is 4.11. The Labute approximate surface area is 160 Å². The van der Waals surface area contributed by atoms with Crippen molar-refractivity contribution >= 4 is 29.5 Å². The van der Waals surface area contributed by atoms with Gasteiger partial charge in [0.1, 0.15) is 12.1 Å². The molecule has 1 fully saturated rings. The Morgan fingerprint density at radius 1 is 1.21 bits per heavy atom. The van der Waals surface area contributed by atoms with Gasteiger partial charge in [-0.25, -0.2) is 13.6 Å². The Bertz CT molecular complexity index is 810. The van der Waals surface area contributed by atoms with E-state index < -0.39 is 53.6 Å². The molecule has 2 rings (SSSR count). The monoisotopic (exact) mass is 397 g/mol. The zero-order valence-electron chi connectivity index (χ0n) is 15.7. The van der Waals surface area contributed by atoms with Crippen molar-refractivity contribution in [1.82, 2.24) is 10.2 Å². The first kappa shape index (κ1) is 21.3. The van der Waals surface area contributed by atoms with E-state index in [1.54, 1.807) is 13.8 Å². The molecule has 0 saturated carbocycles. The molecule has 1 saturated heterocycles. The molecule has 2 N–H and O–H groups in total. The zero-order valence-corrected chi connectivity index (χ0v) is 15.7. The number of amides is 4. The van der Waals surface area contributed by atoms with Crippen molar-refractivity contribution in [2.75, 3.05) is 11.9 Å². The summed E-state index contributed by atoms with van der Waals surface area (Å²) in [4.78, 5) is 49.3. The van der Waals surface area contributed by atoms with Crippen molar-refractivity contribution in [3.63, 3.8) is 0 Å². The van der Waals surface area contributed by atoms with Crippen LogP contribution in [0.15, 0.2) is 18.2 Å². The summed E-state index contributed by atoms with van der Waals surface area (Å²) in [7, 11) is 0. The minimum Gasteiger partial charge on any atom is -0.451 e. The van der Waals surface area contributed by atoms with Gasteiger partial charge in [0.05, 0.1) is 0 Å². The number of rotatable bonds is 7. The predicted octanol–water partition coefficient (Wildman–Crippen LogP) is 1.95. The van der Waals surface area contributed by atoms with Gasteiger partial charge in [0.25, 0.3) is 11.8 Å². The minimum absolute atomic E-state index is 0.0171. The van der Waals surface area contributed by atoms with Crippen LogP contribution in [0.4, 0.5) is 19.3 Å². The molecule has 1 aliphatic rings. The summed E-state index contributed by atoms with van der Waals surface area (Å²) >= 11 is 0. The number of urea groups is 1. The van der Waals surface area contributed by atoms with Crippen LogP contribution in [0.1, 0.15) is 33.6 Å². The molecular formula is C18H21F2N3O5. The van der Waals surface area contributed by atoms with Crippen molar-refractivity contribution < 1.29 is 32.7 Å². The highest BCUT2D eigenvalue weighted by Gasteiger charge is 2.49. The van der Waals surface area contributed by atoms with Crippen LogP contribution in [-0.2, 0) is 19.1 Å².